The van der Waals surface area contributed by atoms with Gasteiger partial charge in [-0.2, -0.15) is 0 Å². The lowest BCUT2D eigenvalue weighted by atomic mass is 10.3. The first kappa shape index (κ1) is 14.4. The van der Waals surface area contributed by atoms with Crippen LogP contribution in [0.2, 0.25) is 0 Å². The van der Waals surface area contributed by atoms with Gasteiger partial charge in [-0.25, -0.2) is 8.42 Å². The quantitative estimate of drug-likeness (QED) is 0.653. The van der Waals surface area contributed by atoms with Crippen molar-refractivity contribution in [1.29, 1.82) is 0 Å². The maximum absolute atomic E-state index is 11.6. The highest BCUT2D eigenvalue weighted by molar-refractivity contribution is 7.91. The zero-order valence-corrected chi connectivity index (χ0v) is 10.2. The van der Waals surface area contributed by atoms with E-state index >= 15 is 0 Å². The predicted molar refractivity (Wildman–Crippen MR) is 60.3 cm³/mol. The summed E-state index contributed by atoms with van der Waals surface area (Å²) in [6.07, 6.45) is 2.59. The minimum Gasteiger partial charge on any atom is -0.342 e. The van der Waals surface area contributed by atoms with Crippen LogP contribution in [0.4, 0.5) is 0 Å². The largest absolute Gasteiger partial charge is 0.342 e. The van der Waals surface area contributed by atoms with Gasteiger partial charge in [0.05, 0.1) is 0 Å². The van der Waals surface area contributed by atoms with E-state index in [0.29, 0.717) is 26.1 Å². The summed E-state index contributed by atoms with van der Waals surface area (Å²) in [6, 6.07) is 0. The van der Waals surface area contributed by atoms with Crippen molar-refractivity contribution in [3.05, 3.63) is 0 Å². The Kier molecular flexibility index (Phi) is 6.51. The van der Waals surface area contributed by atoms with E-state index < -0.39 is 15.6 Å². The van der Waals surface area contributed by atoms with Gasteiger partial charge in [-0.05, 0) is 19.4 Å². The number of carbonyl (C=O) groups is 1. The molecule has 0 spiro atoms. The van der Waals surface area contributed by atoms with Gasteiger partial charge in [0.25, 0.3) is 0 Å². The Morgan fingerprint density at radius 3 is 2.33 bits per heavy atom. The molecule has 15 heavy (non-hydrogen) atoms. The molecule has 0 aromatic rings. The molecule has 0 aromatic heterocycles. The topological polar surface area (TPSA) is 80.5 Å². The van der Waals surface area contributed by atoms with Crippen molar-refractivity contribution in [1.82, 2.24) is 4.90 Å². The summed E-state index contributed by atoms with van der Waals surface area (Å²) in [5.74, 6) is -0.731. The maximum Gasteiger partial charge on any atom is 0.237 e. The van der Waals surface area contributed by atoms with Crippen LogP contribution >= 0.6 is 0 Å². The maximum atomic E-state index is 11.6. The molecule has 0 aliphatic heterocycles. The summed E-state index contributed by atoms with van der Waals surface area (Å²) in [5, 5.41) is 0. The first-order valence-corrected chi connectivity index (χ1v) is 7.12. The fourth-order valence-corrected chi connectivity index (χ4v) is 1.86. The molecule has 0 unspecified atom stereocenters. The van der Waals surface area contributed by atoms with Crippen LogP contribution in [0.3, 0.4) is 0 Å². The molecule has 0 saturated heterocycles. The summed E-state index contributed by atoms with van der Waals surface area (Å²) < 4.78 is 21.9. The van der Waals surface area contributed by atoms with Crippen molar-refractivity contribution in [2.24, 2.45) is 5.73 Å². The molecule has 0 radical (unpaired) electrons. The predicted octanol–water partition coefficient (Wildman–Crippen LogP) is -0.382. The van der Waals surface area contributed by atoms with Gasteiger partial charge < -0.3 is 10.6 Å². The fourth-order valence-electron chi connectivity index (χ4n) is 1.23. The lowest BCUT2D eigenvalue weighted by Crippen LogP contribution is -2.37. The van der Waals surface area contributed by atoms with E-state index in [2.05, 4.69) is 0 Å². The van der Waals surface area contributed by atoms with Gasteiger partial charge in [-0.15, -0.1) is 0 Å². The molecule has 0 aromatic carbocycles. The van der Waals surface area contributed by atoms with Gasteiger partial charge in [0.2, 0.25) is 5.91 Å². The van der Waals surface area contributed by atoms with Crippen molar-refractivity contribution in [3.8, 4) is 0 Å². The Morgan fingerprint density at radius 1 is 1.33 bits per heavy atom. The van der Waals surface area contributed by atoms with Crippen LogP contribution in [-0.2, 0) is 14.6 Å². The van der Waals surface area contributed by atoms with Crippen molar-refractivity contribution >= 4 is 15.7 Å². The normalized spacial score (nSPS) is 11.4. The number of nitrogens with zero attached hydrogens (tertiary/aromatic N) is 1. The third kappa shape index (κ3) is 7.33. The standard InChI is InChI=1S/C9H20N2O3S/c1-3-6-11(7-4-5-10)9(12)8-15(2,13)14/h3-8,10H2,1-2H3. The van der Waals surface area contributed by atoms with Gasteiger partial charge >= 0.3 is 0 Å². The molecule has 0 heterocycles. The van der Waals surface area contributed by atoms with Crippen molar-refractivity contribution in [2.75, 3.05) is 31.6 Å². The van der Waals surface area contributed by atoms with Gasteiger partial charge in [0.1, 0.15) is 5.75 Å². The van der Waals surface area contributed by atoms with Crippen molar-refractivity contribution in [2.45, 2.75) is 19.8 Å². The molecule has 90 valence electrons. The van der Waals surface area contributed by atoms with Crippen LogP contribution in [-0.4, -0.2) is 50.9 Å². The number of rotatable bonds is 7. The van der Waals surface area contributed by atoms with Crippen molar-refractivity contribution in [3.63, 3.8) is 0 Å². The summed E-state index contributed by atoms with van der Waals surface area (Å²) >= 11 is 0. The second-order valence-corrected chi connectivity index (χ2v) is 5.73. The number of hydrogen-bond donors (Lipinski definition) is 1. The molecular formula is C9H20N2O3S. The summed E-state index contributed by atoms with van der Waals surface area (Å²) in [7, 11) is -3.23. The summed E-state index contributed by atoms with van der Waals surface area (Å²) in [5.41, 5.74) is 5.34. The first-order valence-electron chi connectivity index (χ1n) is 5.06. The van der Waals surface area contributed by atoms with E-state index in [4.69, 9.17) is 5.73 Å². The zero-order chi connectivity index (χ0) is 11.9. The molecule has 5 nitrogen and oxygen atoms in total. The van der Waals surface area contributed by atoms with Crippen molar-refractivity contribution < 1.29 is 13.2 Å². The Balaban J connectivity index is 4.28. The van der Waals surface area contributed by atoms with E-state index in [1.165, 1.54) is 0 Å². The second kappa shape index (κ2) is 6.79. The molecule has 0 bridgehead atoms. The van der Waals surface area contributed by atoms with Crippen LogP contribution in [0.5, 0.6) is 0 Å². The molecule has 0 aliphatic carbocycles. The number of amides is 1. The smallest absolute Gasteiger partial charge is 0.237 e. The lowest BCUT2D eigenvalue weighted by Gasteiger charge is -2.21. The number of sulfone groups is 1. The van der Waals surface area contributed by atoms with E-state index in [0.717, 1.165) is 12.7 Å². The number of nitrogens with two attached hydrogens (primary N) is 1. The minimum absolute atomic E-state index is 0.326. The van der Waals surface area contributed by atoms with Crippen LogP contribution in [0.15, 0.2) is 0 Å². The van der Waals surface area contributed by atoms with Crippen LogP contribution in [0, 0.1) is 0 Å². The zero-order valence-electron chi connectivity index (χ0n) is 9.40. The monoisotopic (exact) mass is 236 g/mol. The molecule has 0 fully saturated rings. The minimum atomic E-state index is -3.23. The lowest BCUT2D eigenvalue weighted by molar-refractivity contribution is -0.128. The highest BCUT2D eigenvalue weighted by Crippen LogP contribution is 1.97. The SMILES string of the molecule is CCCN(CCCN)C(=O)CS(C)(=O)=O. The third-order valence-corrected chi connectivity index (χ3v) is 2.64. The van der Waals surface area contributed by atoms with Crippen LogP contribution in [0.1, 0.15) is 19.8 Å². The van der Waals surface area contributed by atoms with Gasteiger partial charge in [-0.3, -0.25) is 4.79 Å². The highest BCUT2D eigenvalue weighted by atomic mass is 32.2. The van der Waals surface area contributed by atoms with Crippen LogP contribution in [0.25, 0.3) is 0 Å². The molecule has 0 rings (SSSR count). The van der Waals surface area contributed by atoms with E-state index in [9.17, 15) is 13.2 Å². The molecule has 0 atom stereocenters. The van der Waals surface area contributed by atoms with Gasteiger partial charge in [0.15, 0.2) is 9.84 Å². The Bertz CT molecular complexity index is 288. The second-order valence-electron chi connectivity index (χ2n) is 3.59. The molecule has 2 N–H and O–H groups in total. The summed E-state index contributed by atoms with van der Waals surface area (Å²) in [6.45, 7) is 3.59. The number of carbonyl (C=O) groups excluding carboxylic acids is 1. The molecular weight excluding hydrogens is 216 g/mol. The Hall–Kier alpha value is -0.620. The first-order chi connectivity index (χ1) is 6.90. The number of hydrogen-bond acceptors (Lipinski definition) is 4. The van der Waals surface area contributed by atoms with Crippen LogP contribution < -0.4 is 5.73 Å². The van der Waals surface area contributed by atoms with Gasteiger partial charge in [-0.1, -0.05) is 6.92 Å². The Morgan fingerprint density at radius 2 is 1.93 bits per heavy atom. The molecule has 0 saturated carbocycles. The average Bonchev–Trinajstić information content (AvgIpc) is 2.09. The summed E-state index contributed by atoms with van der Waals surface area (Å²) in [4.78, 5) is 13.1. The van der Waals surface area contributed by atoms with E-state index in [-0.39, 0.29) is 5.91 Å². The Labute approximate surface area is 91.5 Å². The van der Waals surface area contributed by atoms with Gasteiger partial charge in [0, 0.05) is 19.3 Å². The fraction of sp³-hybridized carbons (Fsp3) is 0.889. The molecule has 1 amide bonds. The molecule has 0 aliphatic rings. The highest BCUT2D eigenvalue weighted by Gasteiger charge is 2.17. The van der Waals surface area contributed by atoms with E-state index in [1.54, 1.807) is 4.90 Å². The average molecular weight is 236 g/mol. The third-order valence-electron chi connectivity index (χ3n) is 1.86. The molecule has 6 heteroatoms. The van der Waals surface area contributed by atoms with E-state index in [1.807, 2.05) is 6.92 Å².